The molecule has 66 valence electrons. The Kier molecular flexibility index (Phi) is 5.61. The number of hydrogen-bond donors (Lipinski definition) is 0. The van der Waals surface area contributed by atoms with Crippen LogP contribution >= 0.6 is 0 Å². The van der Waals surface area contributed by atoms with Gasteiger partial charge in [0, 0.05) is 6.92 Å². The van der Waals surface area contributed by atoms with E-state index in [1.807, 2.05) is 0 Å². The van der Waals surface area contributed by atoms with E-state index in [-0.39, 0.29) is 12.2 Å². The Labute approximate surface area is 70.1 Å². The summed E-state index contributed by atoms with van der Waals surface area (Å²) in [6.45, 7) is 1.20. The SMILES string of the molecule is COOC/C(C#N)=C\OC(C)=O. The van der Waals surface area contributed by atoms with Gasteiger partial charge in [-0.15, -0.1) is 0 Å². The van der Waals surface area contributed by atoms with E-state index in [1.165, 1.54) is 14.0 Å². The number of hydrogen-bond acceptors (Lipinski definition) is 5. The van der Waals surface area contributed by atoms with Crippen molar-refractivity contribution in [2.45, 2.75) is 6.92 Å². The van der Waals surface area contributed by atoms with E-state index in [0.29, 0.717) is 0 Å². The maximum atomic E-state index is 10.3. The van der Waals surface area contributed by atoms with Crippen LogP contribution in [-0.4, -0.2) is 19.7 Å². The van der Waals surface area contributed by atoms with Gasteiger partial charge in [-0.25, -0.2) is 9.78 Å². The lowest BCUT2D eigenvalue weighted by atomic mass is 10.4. The fraction of sp³-hybridized carbons (Fsp3) is 0.429. The molecular weight excluding hydrogens is 162 g/mol. The van der Waals surface area contributed by atoms with Crippen molar-refractivity contribution in [3.63, 3.8) is 0 Å². The van der Waals surface area contributed by atoms with Gasteiger partial charge in [-0.1, -0.05) is 0 Å². The summed E-state index contributed by atoms with van der Waals surface area (Å²) in [4.78, 5) is 19.0. The minimum Gasteiger partial charge on any atom is -0.434 e. The molecule has 0 aromatic rings. The topological polar surface area (TPSA) is 68.6 Å². The summed E-state index contributed by atoms with van der Waals surface area (Å²) in [7, 11) is 1.32. The van der Waals surface area contributed by atoms with Crippen molar-refractivity contribution in [1.82, 2.24) is 0 Å². The fourth-order valence-electron chi connectivity index (χ4n) is 0.369. The lowest BCUT2D eigenvalue weighted by molar-refractivity contribution is -0.264. The van der Waals surface area contributed by atoms with Gasteiger partial charge in [0.15, 0.2) is 0 Å². The van der Waals surface area contributed by atoms with Crippen molar-refractivity contribution >= 4 is 5.97 Å². The van der Waals surface area contributed by atoms with Crippen molar-refractivity contribution in [3.05, 3.63) is 11.8 Å². The van der Waals surface area contributed by atoms with Crippen LogP contribution in [0.4, 0.5) is 0 Å². The third-order valence-corrected chi connectivity index (χ3v) is 0.843. The highest BCUT2D eigenvalue weighted by Crippen LogP contribution is 1.94. The zero-order chi connectivity index (χ0) is 9.40. The largest absolute Gasteiger partial charge is 0.434 e. The van der Waals surface area contributed by atoms with Gasteiger partial charge in [0.25, 0.3) is 0 Å². The number of carbonyl (C=O) groups is 1. The molecule has 0 saturated carbocycles. The average molecular weight is 171 g/mol. The molecule has 0 amide bonds. The van der Waals surface area contributed by atoms with E-state index < -0.39 is 5.97 Å². The van der Waals surface area contributed by atoms with Crippen LogP contribution in [0, 0.1) is 11.3 Å². The van der Waals surface area contributed by atoms with Crippen LogP contribution in [0.3, 0.4) is 0 Å². The van der Waals surface area contributed by atoms with Gasteiger partial charge >= 0.3 is 5.97 Å². The lowest BCUT2D eigenvalue weighted by Gasteiger charge is -1.97. The van der Waals surface area contributed by atoms with Crippen LogP contribution in [0.1, 0.15) is 6.92 Å². The zero-order valence-corrected chi connectivity index (χ0v) is 6.86. The van der Waals surface area contributed by atoms with Gasteiger partial charge < -0.3 is 4.74 Å². The number of nitriles is 1. The third kappa shape index (κ3) is 5.41. The molecule has 12 heavy (non-hydrogen) atoms. The first-order valence-corrected chi connectivity index (χ1v) is 3.12. The Morgan fingerprint density at radius 1 is 1.67 bits per heavy atom. The first-order chi connectivity index (χ1) is 5.70. The summed E-state index contributed by atoms with van der Waals surface area (Å²) in [5.41, 5.74) is 0.173. The molecule has 0 aromatic heterocycles. The molecule has 0 fully saturated rings. The van der Waals surface area contributed by atoms with Crippen LogP contribution < -0.4 is 0 Å². The molecule has 5 heteroatoms. The van der Waals surface area contributed by atoms with Crippen LogP contribution in [-0.2, 0) is 19.3 Å². The summed E-state index contributed by atoms with van der Waals surface area (Å²) in [6, 6.07) is 1.77. The maximum absolute atomic E-state index is 10.3. The number of ether oxygens (including phenoxy) is 1. The molecular formula is C7H9NO4. The van der Waals surface area contributed by atoms with Crippen molar-refractivity contribution in [2.75, 3.05) is 13.7 Å². The van der Waals surface area contributed by atoms with E-state index in [9.17, 15) is 4.79 Å². The molecule has 0 spiro atoms. The number of carbonyl (C=O) groups excluding carboxylic acids is 1. The van der Waals surface area contributed by atoms with E-state index >= 15 is 0 Å². The van der Waals surface area contributed by atoms with Crippen LogP contribution in [0.2, 0.25) is 0 Å². The number of nitrogens with zero attached hydrogens (tertiary/aromatic N) is 1. The Morgan fingerprint density at radius 3 is 2.75 bits per heavy atom. The summed E-state index contributed by atoms with van der Waals surface area (Å²) in [5.74, 6) is -0.486. The highest BCUT2D eigenvalue weighted by molar-refractivity contribution is 5.66. The second-order valence-corrected chi connectivity index (χ2v) is 1.79. The second kappa shape index (κ2) is 6.34. The predicted molar refractivity (Wildman–Crippen MR) is 38.4 cm³/mol. The lowest BCUT2D eigenvalue weighted by Crippen LogP contribution is -1.98. The van der Waals surface area contributed by atoms with Crippen molar-refractivity contribution in [1.29, 1.82) is 5.26 Å². The highest BCUT2D eigenvalue weighted by Gasteiger charge is 1.97. The van der Waals surface area contributed by atoms with Gasteiger partial charge in [-0.2, -0.15) is 5.26 Å². The van der Waals surface area contributed by atoms with Crippen LogP contribution in [0.15, 0.2) is 11.8 Å². The Bertz CT molecular complexity index is 216. The fourth-order valence-corrected chi connectivity index (χ4v) is 0.369. The molecule has 0 aliphatic heterocycles. The maximum Gasteiger partial charge on any atom is 0.307 e. The molecule has 5 nitrogen and oxygen atoms in total. The monoisotopic (exact) mass is 171 g/mol. The molecule has 0 heterocycles. The molecule has 0 aliphatic carbocycles. The molecule has 0 rings (SSSR count). The summed E-state index contributed by atoms with van der Waals surface area (Å²) in [6.07, 6.45) is 1.03. The van der Waals surface area contributed by atoms with Gasteiger partial charge in [0.1, 0.15) is 18.9 Å². The molecule has 0 bridgehead atoms. The predicted octanol–water partition coefficient (Wildman–Crippen LogP) is 0.535. The molecule has 0 N–H and O–H groups in total. The number of esters is 1. The normalized spacial score (nSPS) is 10.6. The van der Waals surface area contributed by atoms with Crippen LogP contribution in [0.25, 0.3) is 0 Å². The van der Waals surface area contributed by atoms with Crippen molar-refractivity contribution in [3.8, 4) is 6.07 Å². The average Bonchev–Trinajstić information content (AvgIpc) is 2.05. The van der Waals surface area contributed by atoms with E-state index in [1.54, 1.807) is 6.07 Å². The van der Waals surface area contributed by atoms with Crippen molar-refractivity contribution < 1.29 is 19.3 Å². The minimum atomic E-state index is -0.486. The molecule has 0 unspecified atom stereocenters. The Morgan fingerprint density at radius 2 is 2.33 bits per heavy atom. The summed E-state index contributed by atoms with van der Waals surface area (Å²) < 4.78 is 4.43. The van der Waals surface area contributed by atoms with Gasteiger partial charge in [0.2, 0.25) is 0 Å². The standard InChI is InChI=1S/C7H9NO4/c1-6(9)11-4-7(3-8)5-12-10-2/h4H,5H2,1-2H3/b7-4-. The molecule has 0 aliphatic rings. The van der Waals surface area contributed by atoms with E-state index in [0.717, 1.165) is 6.26 Å². The first kappa shape index (κ1) is 10.6. The van der Waals surface area contributed by atoms with Crippen LogP contribution in [0.5, 0.6) is 0 Å². The van der Waals surface area contributed by atoms with Gasteiger partial charge in [-0.05, 0) is 0 Å². The minimum absolute atomic E-state index is 0.0414. The zero-order valence-electron chi connectivity index (χ0n) is 6.86. The molecule has 0 atom stereocenters. The molecule has 0 aromatic carbocycles. The highest BCUT2D eigenvalue weighted by atomic mass is 17.2. The van der Waals surface area contributed by atoms with Gasteiger partial charge in [-0.3, -0.25) is 4.79 Å². The molecule has 0 radical (unpaired) electrons. The number of rotatable bonds is 4. The summed E-state index contributed by atoms with van der Waals surface area (Å²) in [5, 5.41) is 8.42. The summed E-state index contributed by atoms with van der Waals surface area (Å²) >= 11 is 0. The quantitative estimate of drug-likeness (QED) is 0.203. The van der Waals surface area contributed by atoms with Gasteiger partial charge in [0.05, 0.1) is 12.7 Å². The molecule has 0 saturated heterocycles. The van der Waals surface area contributed by atoms with E-state index in [4.69, 9.17) is 5.26 Å². The second-order valence-electron chi connectivity index (χ2n) is 1.79. The smallest absolute Gasteiger partial charge is 0.307 e. The van der Waals surface area contributed by atoms with E-state index in [2.05, 4.69) is 14.5 Å². The first-order valence-electron chi connectivity index (χ1n) is 3.12. The third-order valence-electron chi connectivity index (χ3n) is 0.843. The van der Waals surface area contributed by atoms with Crippen molar-refractivity contribution in [2.24, 2.45) is 0 Å². The Hall–Kier alpha value is -1.38. The Balaban J connectivity index is 3.89.